The van der Waals surface area contributed by atoms with Crippen LogP contribution in [0, 0.1) is 5.82 Å². The lowest BCUT2D eigenvalue weighted by Gasteiger charge is -2.05. The quantitative estimate of drug-likeness (QED) is 0.785. The van der Waals surface area contributed by atoms with Gasteiger partial charge in [0.25, 0.3) is 0 Å². The highest BCUT2D eigenvalue weighted by Gasteiger charge is 2.10. The monoisotopic (exact) mass is 290 g/mol. The molecule has 3 aromatic rings. The Morgan fingerprint density at radius 3 is 2.75 bits per heavy atom. The van der Waals surface area contributed by atoms with Gasteiger partial charge in [0.05, 0.1) is 21.6 Å². The number of nitrogens with zero attached hydrogens (tertiary/aromatic N) is 2. The lowest BCUT2D eigenvalue weighted by molar-refractivity contribution is 0.0697. The first-order chi connectivity index (χ1) is 9.56. The molecule has 20 heavy (non-hydrogen) atoms. The van der Waals surface area contributed by atoms with Gasteiger partial charge in [-0.15, -0.1) is 0 Å². The Labute approximate surface area is 118 Å². The molecule has 0 saturated carbocycles. The molecule has 0 aliphatic heterocycles. The molecule has 1 aromatic heterocycles. The van der Waals surface area contributed by atoms with Crippen LogP contribution in [0.5, 0.6) is 0 Å². The Bertz CT molecular complexity index is 829. The number of fused-ring (bicyclic) bond motifs is 1. The zero-order valence-electron chi connectivity index (χ0n) is 10.0. The van der Waals surface area contributed by atoms with Crippen LogP contribution in [-0.2, 0) is 0 Å². The van der Waals surface area contributed by atoms with E-state index in [1.165, 1.54) is 24.3 Å². The first-order valence-electron chi connectivity index (χ1n) is 5.72. The van der Waals surface area contributed by atoms with Gasteiger partial charge in [-0.25, -0.2) is 14.2 Å². The van der Waals surface area contributed by atoms with Crippen molar-refractivity contribution in [3.63, 3.8) is 0 Å². The molecule has 0 unspecified atom stereocenters. The molecule has 6 heteroatoms. The maximum absolute atomic E-state index is 13.2. The van der Waals surface area contributed by atoms with Gasteiger partial charge in [-0.05, 0) is 36.4 Å². The second kappa shape index (κ2) is 4.61. The van der Waals surface area contributed by atoms with Gasteiger partial charge in [-0.1, -0.05) is 11.6 Å². The van der Waals surface area contributed by atoms with E-state index in [0.29, 0.717) is 16.7 Å². The standard InChI is InChI=1S/C14H8ClFN2O2/c15-10-6-9(2-3-11(10)16)18-7-17-12-4-1-8(14(19)20)5-13(12)18/h1-7H,(H,19,20). The average Bonchev–Trinajstić information content (AvgIpc) is 2.84. The number of aromatic nitrogens is 2. The lowest BCUT2D eigenvalue weighted by atomic mass is 10.2. The highest BCUT2D eigenvalue weighted by Crippen LogP contribution is 2.23. The van der Waals surface area contributed by atoms with Crippen molar-refractivity contribution in [3.05, 3.63) is 59.1 Å². The normalized spacial score (nSPS) is 10.9. The molecule has 1 N–H and O–H groups in total. The van der Waals surface area contributed by atoms with Crippen LogP contribution in [-0.4, -0.2) is 20.6 Å². The van der Waals surface area contributed by atoms with E-state index in [1.807, 2.05) is 0 Å². The molecule has 1 heterocycles. The van der Waals surface area contributed by atoms with E-state index in [-0.39, 0.29) is 10.6 Å². The van der Waals surface area contributed by atoms with Crippen LogP contribution >= 0.6 is 11.6 Å². The van der Waals surface area contributed by atoms with Gasteiger partial charge in [0.2, 0.25) is 0 Å². The van der Waals surface area contributed by atoms with E-state index in [4.69, 9.17) is 16.7 Å². The number of benzene rings is 2. The van der Waals surface area contributed by atoms with Crippen molar-refractivity contribution in [2.75, 3.05) is 0 Å². The van der Waals surface area contributed by atoms with Crippen LogP contribution in [0.15, 0.2) is 42.7 Å². The summed E-state index contributed by atoms with van der Waals surface area (Å²) in [5, 5.41) is 9.02. The van der Waals surface area contributed by atoms with E-state index < -0.39 is 11.8 Å². The third-order valence-electron chi connectivity index (χ3n) is 2.98. The minimum atomic E-state index is -1.02. The summed E-state index contributed by atoms with van der Waals surface area (Å²) >= 11 is 5.76. The summed E-state index contributed by atoms with van der Waals surface area (Å²) in [7, 11) is 0. The molecule has 0 aliphatic carbocycles. The molecule has 3 rings (SSSR count). The fourth-order valence-electron chi connectivity index (χ4n) is 1.98. The summed E-state index contributed by atoms with van der Waals surface area (Å²) < 4.78 is 14.8. The number of rotatable bonds is 2. The third-order valence-corrected chi connectivity index (χ3v) is 3.27. The fourth-order valence-corrected chi connectivity index (χ4v) is 2.16. The van der Waals surface area contributed by atoms with Crippen LogP contribution in [0.4, 0.5) is 4.39 Å². The Kier molecular flexibility index (Phi) is 2.91. The summed E-state index contributed by atoms with van der Waals surface area (Å²) in [6.45, 7) is 0. The van der Waals surface area contributed by atoms with Gasteiger partial charge in [0, 0.05) is 5.69 Å². The van der Waals surface area contributed by atoms with E-state index in [0.717, 1.165) is 0 Å². The minimum Gasteiger partial charge on any atom is -0.478 e. The van der Waals surface area contributed by atoms with E-state index in [1.54, 1.807) is 23.0 Å². The van der Waals surface area contributed by atoms with Crippen molar-refractivity contribution in [3.8, 4) is 5.69 Å². The molecule has 0 aliphatic rings. The molecule has 2 aromatic carbocycles. The molecule has 0 atom stereocenters. The number of imidazole rings is 1. The maximum Gasteiger partial charge on any atom is 0.335 e. The molecule has 0 amide bonds. The molecular formula is C14H8ClFN2O2. The van der Waals surface area contributed by atoms with Crippen molar-refractivity contribution < 1.29 is 14.3 Å². The summed E-state index contributed by atoms with van der Waals surface area (Å²) in [5.41, 5.74) is 2.04. The molecule has 0 saturated heterocycles. The Balaban J connectivity index is 2.22. The Morgan fingerprint density at radius 1 is 1.25 bits per heavy atom. The second-order valence-corrected chi connectivity index (χ2v) is 4.63. The van der Waals surface area contributed by atoms with Gasteiger partial charge >= 0.3 is 5.97 Å². The van der Waals surface area contributed by atoms with Crippen LogP contribution in [0.1, 0.15) is 10.4 Å². The first-order valence-corrected chi connectivity index (χ1v) is 6.10. The summed E-state index contributed by atoms with van der Waals surface area (Å²) in [6.07, 6.45) is 1.54. The maximum atomic E-state index is 13.2. The number of carbonyl (C=O) groups is 1. The van der Waals surface area contributed by atoms with Gasteiger partial charge in [0.15, 0.2) is 0 Å². The molecule has 0 spiro atoms. The second-order valence-electron chi connectivity index (χ2n) is 4.22. The number of carboxylic acid groups (broad SMARTS) is 1. The van der Waals surface area contributed by atoms with Crippen molar-refractivity contribution in [2.45, 2.75) is 0 Å². The fraction of sp³-hybridized carbons (Fsp3) is 0. The van der Waals surface area contributed by atoms with Gasteiger partial charge in [-0.3, -0.25) is 4.57 Å². The summed E-state index contributed by atoms with van der Waals surface area (Å²) in [6, 6.07) is 8.90. The highest BCUT2D eigenvalue weighted by atomic mass is 35.5. The lowest BCUT2D eigenvalue weighted by Crippen LogP contribution is -1.97. The highest BCUT2D eigenvalue weighted by molar-refractivity contribution is 6.30. The predicted octanol–water partition coefficient (Wildman–Crippen LogP) is 3.52. The molecule has 100 valence electrons. The molecule has 4 nitrogen and oxygen atoms in total. The van der Waals surface area contributed by atoms with E-state index in [9.17, 15) is 9.18 Å². The van der Waals surface area contributed by atoms with Gasteiger partial charge in [-0.2, -0.15) is 0 Å². The van der Waals surface area contributed by atoms with Crippen LogP contribution in [0.25, 0.3) is 16.7 Å². The minimum absolute atomic E-state index is 0.00117. The predicted molar refractivity (Wildman–Crippen MR) is 73.0 cm³/mol. The third kappa shape index (κ3) is 2.02. The SMILES string of the molecule is O=C(O)c1ccc2ncn(-c3ccc(F)c(Cl)c3)c2c1. The van der Waals surface area contributed by atoms with Crippen LogP contribution in [0.2, 0.25) is 5.02 Å². The van der Waals surface area contributed by atoms with Crippen LogP contribution < -0.4 is 0 Å². The molecular weight excluding hydrogens is 283 g/mol. The Hall–Kier alpha value is -2.40. The smallest absolute Gasteiger partial charge is 0.335 e. The number of carboxylic acids is 1. The van der Waals surface area contributed by atoms with E-state index >= 15 is 0 Å². The summed E-state index contributed by atoms with van der Waals surface area (Å²) in [4.78, 5) is 15.2. The number of hydrogen-bond acceptors (Lipinski definition) is 2. The molecule has 0 bridgehead atoms. The van der Waals surface area contributed by atoms with Crippen LogP contribution in [0.3, 0.4) is 0 Å². The van der Waals surface area contributed by atoms with Gasteiger partial charge in [0.1, 0.15) is 12.1 Å². The number of halogens is 2. The van der Waals surface area contributed by atoms with Crippen molar-refractivity contribution in [2.24, 2.45) is 0 Å². The van der Waals surface area contributed by atoms with E-state index in [2.05, 4.69) is 4.98 Å². The van der Waals surface area contributed by atoms with Crippen molar-refractivity contribution in [1.82, 2.24) is 9.55 Å². The average molecular weight is 291 g/mol. The van der Waals surface area contributed by atoms with Gasteiger partial charge < -0.3 is 5.11 Å². The molecule has 0 radical (unpaired) electrons. The number of hydrogen-bond donors (Lipinski definition) is 1. The van der Waals surface area contributed by atoms with Crippen molar-refractivity contribution >= 4 is 28.6 Å². The zero-order chi connectivity index (χ0) is 14.3. The Morgan fingerprint density at radius 2 is 2.05 bits per heavy atom. The molecule has 0 fully saturated rings. The first kappa shape index (κ1) is 12.6. The number of aromatic carboxylic acids is 1. The topological polar surface area (TPSA) is 55.1 Å². The zero-order valence-corrected chi connectivity index (χ0v) is 10.8. The largest absolute Gasteiger partial charge is 0.478 e. The van der Waals surface area contributed by atoms with Crippen molar-refractivity contribution in [1.29, 1.82) is 0 Å². The summed E-state index contributed by atoms with van der Waals surface area (Å²) in [5.74, 6) is -1.53.